The van der Waals surface area contributed by atoms with E-state index in [1.807, 2.05) is 24.3 Å². The van der Waals surface area contributed by atoms with Gasteiger partial charge in [0, 0.05) is 23.9 Å². The number of amides is 1. The summed E-state index contributed by atoms with van der Waals surface area (Å²) >= 11 is 3.45. The third-order valence-electron chi connectivity index (χ3n) is 5.14. The third-order valence-corrected chi connectivity index (χ3v) is 5.66. The lowest BCUT2D eigenvalue weighted by Crippen LogP contribution is -2.49. The Morgan fingerprint density at radius 2 is 1.93 bits per heavy atom. The normalized spacial score (nSPS) is 20.9. The number of cyclic esters (lactones) is 1. The summed E-state index contributed by atoms with van der Waals surface area (Å²) < 4.78 is 20.3. The van der Waals surface area contributed by atoms with Crippen molar-refractivity contribution in [1.29, 1.82) is 0 Å². The number of ether oxygens (including phenoxy) is 1. The Kier molecular flexibility index (Phi) is 6.00. The number of benzene rings is 2. The number of nitrogens with zero attached hydrogens (tertiary/aromatic N) is 1. The van der Waals surface area contributed by atoms with E-state index in [2.05, 4.69) is 29.4 Å². The summed E-state index contributed by atoms with van der Waals surface area (Å²) in [7, 11) is 0. The monoisotopic (exact) mass is 431 g/mol. The topological polar surface area (TPSA) is 29.5 Å². The van der Waals surface area contributed by atoms with Gasteiger partial charge in [0.05, 0.1) is 6.04 Å². The van der Waals surface area contributed by atoms with E-state index in [1.165, 1.54) is 12.1 Å². The van der Waals surface area contributed by atoms with Gasteiger partial charge in [-0.3, -0.25) is 0 Å². The average Bonchev–Trinajstić information content (AvgIpc) is 2.66. The molecule has 0 N–H and O–H groups in total. The predicted octanol–water partition coefficient (Wildman–Crippen LogP) is 6.35. The van der Waals surface area contributed by atoms with Crippen molar-refractivity contribution in [3.63, 3.8) is 0 Å². The molecule has 0 aromatic heterocycles. The first-order chi connectivity index (χ1) is 13.0. The molecular weight excluding hydrogens is 409 g/mol. The zero-order valence-electron chi connectivity index (χ0n) is 15.3. The van der Waals surface area contributed by atoms with Crippen LogP contribution in [0.5, 0.6) is 0 Å². The SMILES string of the molecule is C=CCC1(c2ccc(F)cc2)CCN([C@@H](CC)c2ccc(Br)cc2)C(=O)O1. The molecule has 2 aromatic carbocycles. The molecule has 0 aliphatic carbocycles. The molecule has 27 heavy (non-hydrogen) atoms. The van der Waals surface area contributed by atoms with Crippen LogP contribution in [0.2, 0.25) is 0 Å². The molecule has 1 fully saturated rings. The fraction of sp³-hybridized carbons (Fsp3) is 0.318. The Bertz CT molecular complexity index is 806. The highest BCUT2D eigenvalue weighted by Crippen LogP contribution is 2.40. The second kappa shape index (κ2) is 8.26. The first-order valence-corrected chi connectivity index (χ1v) is 9.90. The van der Waals surface area contributed by atoms with E-state index in [0.717, 1.165) is 22.0 Å². The van der Waals surface area contributed by atoms with E-state index < -0.39 is 5.60 Å². The van der Waals surface area contributed by atoms with Crippen molar-refractivity contribution in [1.82, 2.24) is 4.90 Å². The van der Waals surface area contributed by atoms with Crippen LogP contribution in [0.4, 0.5) is 9.18 Å². The van der Waals surface area contributed by atoms with Crippen LogP contribution in [0.15, 0.2) is 65.7 Å². The van der Waals surface area contributed by atoms with Gasteiger partial charge >= 0.3 is 6.09 Å². The summed E-state index contributed by atoms with van der Waals surface area (Å²) in [5, 5.41) is 0. The number of carbonyl (C=O) groups is 1. The minimum absolute atomic E-state index is 0.0412. The Morgan fingerprint density at radius 1 is 1.26 bits per heavy atom. The molecule has 0 radical (unpaired) electrons. The molecule has 1 saturated heterocycles. The Hall–Kier alpha value is -2.14. The van der Waals surface area contributed by atoms with E-state index in [1.54, 1.807) is 23.1 Å². The molecule has 0 saturated carbocycles. The van der Waals surface area contributed by atoms with E-state index in [4.69, 9.17) is 4.74 Å². The van der Waals surface area contributed by atoms with E-state index in [0.29, 0.717) is 19.4 Å². The molecule has 0 spiro atoms. The van der Waals surface area contributed by atoms with Crippen LogP contribution in [-0.4, -0.2) is 17.5 Å². The fourth-order valence-corrected chi connectivity index (χ4v) is 3.99. The standard InChI is InChI=1S/C22H23BrFNO2/c1-3-13-22(17-7-11-19(24)12-8-17)14-15-25(21(26)27-22)20(4-2)16-5-9-18(23)10-6-16/h3,5-12,20H,1,4,13-15H2,2H3/t20-,22?/m0/s1. The quantitative estimate of drug-likeness (QED) is 0.498. The lowest BCUT2D eigenvalue weighted by molar-refractivity contribution is -0.0607. The summed E-state index contributed by atoms with van der Waals surface area (Å²) in [4.78, 5) is 14.7. The summed E-state index contributed by atoms with van der Waals surface area (Å²) in [6.45, 7) is 6.44. The summed E-state index contributed by atoms with van der Waals surface area (Å²) in [6, 6.07) is 14.1. The second-order valence-electron chi connectivity index (χ2n) is 6.78. The third kappa shape index (κ3) is 4.08. The minimum Gasteiger partial charge on any atom is -0.437 e. The van der Waals surface area contributed by atoms with Crippen molar-refractivity contribution >= 4 is 22.0 Å². The molecule has 142 valence electrons. The number of carbonyl (C=O) groups excluding carboxylic acids is 1. The van der Waals surface area contributed by atoms with Crippen LogP contribution in [0.25, 0.3) is 0 Å². The molecule has 3 nitrogen and oxygen atoms in total. The second-order valence-corrected chi connectivity index (χ2v) is 7.70. The summed E-state index contributed by atoms with van der Waals surface area (Å²) in [5.41, 5.74) is 1.09. The highest BCUT2D eigenvalue weighted by Gasteiger charge is 2.43. The fourth-order valence-electron chi connectivity index (χ4n) is 3.72. The van der Waals surface area contributed by atoms with Crippen LogP contribution in [0, 0.1) is 5.82 Å². The molecule has 1 aliphatic rings. The van der Waals surface area contributed by atoms with Gasteiger partial charge in [0.2, 0.25) is 0 Å². The Balaban J connectivity index is 1.86. The van der Waals surface area contributed by atoms with Gasteiger partial charge in [-0.1, -0.05) is 53.2 Å². The molecular formula is C22H23BrFNO2. The van der Waals surface area contributed by atoms with Crippen molar-refractivity contribution in [2.24, 2.45) is 0 Å². The Labute approximate surface area is 168 Å². The average molecular weight is 432 g/mol. The maximum atomic E-state index is 13.3. The van der Waals surface area contributed by atoms with Crippen LogP contribution in [0.3, 0.4) is 0 Å². The maximum Gasteiger partial charge on any atom is 0.411 e. The van der Waals surface area contributed by atoms with Crippen molar-refractivity contribution < 1.29 is 13.9 Å². The van der Waals surface area contributed by atoms with Crippen LogP contribution < -0.4 is 0 Å². The van der Waals surface area contributed by atoms with Crippen molar-refractivity contribution in [2.45, 2.75) is 37.8 Å². The van der Waals surface area contributed by atoms with E-state index in [-0.39, 0.29) is 18.0 Å². The molecule has 2 atom stereocenters. The van der Waals surface area contributed by atoms with Gasteiger partial charge in [0.15, 0.2) is 0 Å². The molecule has 2 aromatic rings. The van der Waals surface area contributed by atoms with Gasteiger partial charge in [0.25, 0.3) is 0 Å². The van der Waals surface area contributed by atoms with Gasteiger partial charge in [-0.05, 0) is 41.8 Å². The molecule has 1 aliphatic heterocycles. The molecule has 1 amide bonds. The molecule has 0 bridgehead atoms. The number of hydrogen-bond donors (Lipinski definition) is 0. The van der Waals surface area contributed by atoms with Gasteiger partial charge in [-0.25, -0.2) is 9.18 Å². The minimum atomic E-state index is -0.791. The molecule has 3 rings (SSSR count). The first-order valence-electron chi connectivity index (χ1n) is 9.11. The lowest BCUT2D eigenvalue weighted by Gasteiger charge is -2.43. The lowest BCUT2D eigenvalue weighted by atomic mass is 9.85. The number of hydrogen-bond acceptors (Lipinski definition) is 2. The van der Waals surface area contributed by atoms with Crippen LogP contribution in [-0.2, 0) is 10.3 Å². The van der Waals surface area contributed by atoms with E-state index in [9.17, 15) is 9.18 Å². The highest BCUT2D eigenvalue weighted by molar-refractivity contribution is 9.10. The van der Waals surface area contributed by atoms with Crippen molar-refractivity contribution in [2.75, 3.05) is 6.54 Å². The highest BCUT2D eigenvalue weighted by atomic mass is 79.9. The van der Waals surface area contributed by atoms with Gasteiger partial charge in [0.1, 0.15) is 11.4 Å². The Morgan fingerprint density at radius 3 is 2.48 bits per heavy atom. The maximum absolute atomic E-state index is 13.3. The smallest absolute Gasteiger partial charge is 0.411 e. The van der Waals surface area contributed by atoms with E-state index >= 15 is 0 Å². The number of rotatable bonds is 6. The first kappa shape index (κ1) is 19.6. The summed E-state index contributed by atoms with van der Waals surface area (Å²) in [6.07, 6.45) is 3.32. The van der Waals surface area contributed by atoms with Crippen LogP contribution in [0.1, 0.15) is 43.4 Å². The largest absolute Gasteiger partial charge is 0.437 e. The molecule has 5 heteroatoms. The number of halogens is 2. The van der Waals surface area contributed by atoms with Crippen molar-refractivity contribution in [3.05, 3.63) is 82.6 Å². The van der Waals surface area contributed by atoms with Crippen LogP contribution >= 0.6 is 15.9 Å². The van der Waals surface area contributed by atoms with Gasteiger partial charge < -0.3 is 9.64 Å². The molecule has 1 unspecified atom stereocenters. The zero-order valence-corrected chi connectivity index (χ0v) is 16.9. The zero-order chi connectivity index (χ0) is 19.4. The predicted molar refractivity (Wildman–Crippen MR) is 108 cm³/mol. The van der Waals surface area contributed by atoms with Gasteiger partial charge in [-0.15, -0.1) is 6.58 Å². The van der Waals surface area contributed by atoms with Crippen molar-refractivity contribution in [3.8, 4) is 0 Å². The molecule has 1 heterocycles. The summed E-state index contributed by atoms with van der Waals surface area (Å²) in [5.74, 6) is -0.308. The van der Waals surface area contributed by atoms with Gasteiger partial charge in [-0.2, -0.15) is 0 Å².